The van der Waals surface area contributed by atoms with Crippen molar-refractivity contribution in [1.82, 2.24) is 15.5 Å². The second-order valence-electron chi connectivity index (χ2n) is 4.91. The lowest BCUT2D eigenvalue weighted by Gasteiger charge is -2.30. The van der Waals surface area contributed by atoms with Gasteiger partial charge in [-0.3, -0.25) is 0 Å². The molecule has 1 saturated heterocycles. The summed E-state index contributed by atoms with van der Waals surface area (Å²) in [4.78, 5) is 13.3. The summed E-state index contributed by atoms with van der Waals surface area (Å²) >= 11 is 0. The number of nitrogens with zero attached hydrogens (tertiary/aromatic N) is 1. The van der Waals surface area contributed by atoms with Crippen molar-refractivity contribution in [3.05, 3.63) is 0 Å². The quantitative estimate of drug-likeness (QED) is 0.809. The predicted octanol–water partition coefficient (Wildman–Crippen LogP) is 1.97. The van der Waals surface area contributed by atoms with E-state index in [0.717, 1.165) is 32.4 Å². The molecule has 0 atom stereocenters. The number of hydrogen-bond donors (Lipinski definition) is 2. The monoisotopic (exact) mass is 281 g/mol. The van der Waals surface area contributed by atoms with Gasteiger partial charge in [-0.1, -0.05) is 6.92 Å². The van der Waals surface area contributed by atoms with Crippen LogP contribution >= 0.6 is 0 Å². The van der Waals surface area contributed by atoms with E-state index in [1.165, 1.54) is 4.90 Å². The van der Waals surface area contributed by atoms with Gasteiger partial charge in [0.1, 0.15) is 6.54 Å². The summed E-state index contributed by atoms with van der Waals surface area (Å²) in [6.45, 7) is 3.50. The highest BCUT2D eigenvalue weighted by molar-refractivity contribution is 5.74. The van der Waals surface area contributed by atoms with Gasteiger partial charge in [0.25, 0.3) is 0 Å². The molecule has 0 radical (unpaired) electrons. The minimum Gasteiger partial charge on any atom is -0.329 e. The smallest absolute Gasteiger partial charge is 0.329 e. The fourth-order valence-corrected chi connectivity index (χ4v) is 2.21. The Hall–Kier alpha value is -0.980. The zero-order valence-electron chi connectivity index (χ0n) is 11.2. The van der Waals surface area contributed by atoms with Gasteiger partial charge in [0.2, 0.25) is 0 Å². The first-order valence-electron chi connectivity index (χ1n) is 6.72. The second-order valence-corrected chi connectivity index (χ2v) is 4.91. The molecule has 1 fully saturated rings. The Morgan fingerprint density at radius 1 is 1.37 bits per heavy atom. The Bertz CT molecular complexity index is 278. The predicted molar refractivity (Wildman–Crippen MR) is 66.9 cm³/mol. The number of piperidine rings is 1. The Kier molecular flexibility index (Phi) is 6.41. The summed E-state index contributed by atoms with van der Waals surface area (Å²) in [6, 6.07) is -0.613. The highest BCUT2D eigenvalue weighted by Crippen LogP contribution is 2.15. The number of nitrogens with one attached hydrogen (secondary N) is 2. The summed E-state index contributed by atoms with van der Waals surface area (Å²) in [5, 5.41) is 5.17. The number of urea groups is 1. The molecular weight excluding hydrogens is 259 g/mol. The SMILES string of the molecule is CCCN(CC1CCNCC1)C(=O)NCC(F)(F)F. The van der Waals surface area contributed by atoms with Crippen LogP contribution in [0.4, 0.5) is 18.0 Å². The van der Waals surface area contributed by atoms with Gasteiger partial charge < -0.3 is 15.5 Å². The minimum atomic E-state index is -4.36. The molecule has 4 nitrogen and oxygen atoms in total. The van der Waals surface area contributed by atoms with Crippen molar-refractivity contribution in [3.63, 3.8) is 0 Å². The van der Waals surface area contributed by atoms with E-state index < -0.39 is 18.8 Å². The molecule has 0 aromatic carbocycles. The van der Waals surface area contributed by atoms with Gasteiger partial charge >= 0.3 is 12.2 Å². The maximum Gasteiger partial charge on any atom is 0.405 e. The molecule has 7 heteroatoms. The van der Waals surface area contributed by atoms with E-state index in [2.05, 4.69) is 5.32 Å². The zero-order valence-corrected chi connectivity index (χ0v) is 11.2. The lowest BCUT2D eigenvalue weighted by Crippen LogP contribution is -2.46. The van der Waals surface area contributed by atoms with Crippen LogP contribution in [0.1, 0.15) is 26.2 Å². The van der Waals surface area contributed by atoms with Crippen LogP contribution in [0, 0.1) is 5.92 Å². The molecular formula is C12H22F3N3O. The molecule has 0 bridgehead atoms. The van der Waals surface area contributed by atoms with Gasteiger partial charge in [-0.2, -0.15) is 13.2 Å². The van der Waals surface area contributed by atoms with Crippen molar-refractivity contribution in [2.24, 2.45) is 5.92 Å². The van der Waals surface area contributed by atoms with Crippen LogP contribution in [0.15, 0.2) is 0 Å². The Morgan fingerprint density at radius 3 is 2.53 bits per heavy atom. The molecule has 112 valence electrons. The van der Waals surface area contributed by atoms with Crippen molar-refractivity contribution in [2.45, 2.75) is 32.4 Å². The van der Waals surface area contributed by atoms with Crippen LogP contribution < -0.4 is 10.6 Å². The van der Waals surface area contributed by atoms with Gasteiger partial charge in [-0.25, -0.2) is 4.79 Å². The summed E-state index contributed by atoms with van der Waals surface area (Å²) < 4.78 is 36.2. The second kappa shape index (κ2) is 7.57. The number of alkyl halides is 3. The zero-order chi connectivity index (χ0) is 14.3. The number of halogens is 3. The van der Waals surface area contributed by atoms with E-state index in [1.54, 1.807) is 0 Å². The molecule has 0 aromatic rings. The molecule has 0 unspecified atom stereocenters. The maximum absolute atomic E-state index is 12.1. The van der Waals surface area contributed by atoms with Crippen LogP contribution in [0.3, 0.4) is 0 Å². The third-order valence-electron chi connectivity index (χ3n) is 3.16. The van der Waals surface area contributed by atoms with Gasteiger partial charge in [0, 0.05) is 13.1 Å². The van der Waals surface area contributed by atoms with Crippen LogP contribution in [0.25, 0.3) is 0 Å². The summed E-state index contributed by atoms with van der Waals surface area (Å²) in [5.74, 6) is 0.379. The van der Waals surface area contributed by atoms with E-state index in [1.807, 2.05) is 12.2 Å². The average Bonchev–Trinajstić information content (AvgIpc) is 2.36. The first-order chi connectivity index (χ1) is 8.92. The molecule has 0 saturated carbocycles. The third kappa shape index (κ3) is 6.66. The highest BCUT2D eigenvalue weighted by Gasteiger charge is 2.29. The minimum absolute atomic E-state index is 0.379. The van der Waals surface area contributed by atoms with Gasteiger partial charge in [0.15, 0.2) is 0 Å². The van der Waals surface area contributed by atoms with Gasteiger partial charge in [-0.05, 0) is 38.3 Å². The van der Waals surface area contributed by atoms with Crippen LogP contribution in [0.2, 0.25) is 0 Å². The molecule has 19 heavy (non-hydrogen) atoms. The van der Waals surface area contributed by atoms with Crippen LogP contribution in [0.5, 0.6) is 0 Å². The number of rotatable bonds is 5. The molecule has 0 aromatic heterocycles. The topological polar surface area (TPSA) is 44.4 Å². The van der Waals surface area contributed by atoms with Gasteiger partial charge in [-0.15, -0.1) is 0 Å². The fourth-order valence-electron chi connectivity index (χ4n) is 2.21. The standard InChI is InChI=1S/C12H22F3N3O/c1-2-7-18(8-10-3-5-16-6-4-10)11(19)17-9-12(13,14)15/h10,16H,2-9H2,1H3,(H,17,19). The molecule has 1 aliphatic rings. The first kappa shape index (κ1) is 16.1. The molecule has 2 N–H and O–H groups in total. The van der Waals surface area contributed by atoms with Crippen LogP contribution in [-0.4, -0.2) is 49.8 Å². The molecule has 1 heterocycles. The highest BCUT2D eigenvalue weighted by atomic mass is 19.4. The van der Waals surface area contributed by atoms with E-state index in [9.17, 15) is 18.0 Å². The summed E-state index contributed by atoms with van der Waals surface area (Å²) in [5.41, 5.74) is 0. The van der Waals surface area contributed by atoms with Crippen molar-refractivity contribution >= 4 is 6.03 Å². The Labute approximate surface area is 111 Å². The molecule has 2 amide bonds. The number of carbonyl (C=O) groups excluding carboxylic acids is 1. The summed E-state index contributed by atoms with van der Waals surface area (Å²) in [6.07, 6.45) is -1.69. The first-order valence-corrected chi connectivity index (χ1v) is 6.72. The molecule has 1 rings (SSSR count). The number of carbonyl (C=O) groups is 1. The van der Waals surface area contributed by atoms with E-state index >= 15 is 0 Å². The normalized spacial score (nSPS) is 17.3. The average molecular weight is 281 g/mol. The lowest BCUT2D eigenvalue weighted by molar-refractivity contribution is -0.123. The van der Waals surface area contributed by atoms with Crippen molar-refractivity contribution < 1.29 is 18.0 Å². The molecule has 0 aliphatic carbocycles. The van der Waals surface area contributed by atoms with E-state index in [0.29, 0.717) is 19.0 Å². The number of hydrogen-bond acceptors (Lipinski definition) is 2. The molecule has 0 spiro atoms. The van der Waals surface area contributed by atoms with Gasteiger partial charge in [0.05, 0.1) is 0 Å². The largest absolute Gasteiger partial charge is 0.405 e. The Morgan fingerprint density at radius 2 is 2.00 bits per heavy atom. The van der Waals surface area contributed by atoms with E-state index in [4.69, 9.17) is 0 Å². The lowest BCUT2D eigenvalue weighted by atomic mass is 9.97. The van der Waals surface area contributed by atoms with Crippen LogP contribution in [-0.2, 0) is 0 Å². The number of amides is 2. The maximum atomic E-state index is 12.1. The van der Waals surface area contributed by atoms with Crippen molar-refractivity contribution in [2.75, 3.05) is 32.7 Å². The Balaban J connectivity index is 2.43. The molecule has 1 aliphatic heterocycles. The fraction of sp³-hybridized carbons (Fsp3) is 0.917. The summed E-state index contributed by atoms with van der Waals surface area (Å²) in [7, 11) is 0. The third-order valence-corrected chi connectivity index (χ3v) is 3.16. The van der Waals surface area contributed by atoms with Crippen molar-refractivity contribution in [3.8, 4) is 0 Å². The van der Waals surface area contributed by atoms with Crippen molar-refractivity contribution in [1.29, 1.82) is 0 Å². The van der Waals surface area contributed by atoms with E-state index in [-0.39, 0.29) is 0 Å².